The summed E-state index contributed by atoms with van der Waals surface area (Å²) in [4.78, 5) is 11.9. The molecule has 0 aromatic heterocycles. The first-order valence-corrected chi connectivity index (χ1v) is 7.70. The summed E-state index contributed by atoms with van der Waals surface area (Å²) in [6.07, 6.45) is 7.39. The second-order valence-corrected chi connectivity index (χ2v) is 5.08. The molecule has 0 spiro atoms. The Morgan fingerprint density at radius 2 is 1.83 bits per heavy atom. The average Bonchev–Trinajstić information content (AvgIpc) is 2.56. The molecule has 0 unspecified atom stereocenters. The number of carbonyl (C=O) groups excluding carboxylic acids is 1. The summed E-state index contributed by atoms with van der Waals surface area (Å²) in [6.45, 7) is 15.8. The maximum atomic E-state index is 11.9. The third-order valence-electron chi connectivity index (χ3n) is 3.26. The molecule has 0 aliphatic rings. The van der Waals surface area contributed by atoms with E-state index in [1.54, 1.807) is 6.08 Å². The smallest absolute Gasteiger partial charge is 0.319 e. The van der Waals surface area contributed by atoms with E-state index < -0.39 is 0 Å². The molecule has 0 atom stereocenters. The maximum absolute atomic E-state index is 11.9. The molecule has 0 saturated carbocycles. The highest BCUT2D eigenvalue weighted by Crippen LogP contribution is 2.15. The number of urea groups is 1. The second kappa shape index (κ2) is 9.90. The Kier molecular flexibility index (Phi) is 7.85. The molecular weight excluding hydrogens is 298 g/mol. The van der Waals surface area contributed by atoms with Crippen LogP contribution in [0.15, 0.2) is 79.6 Å². The summed E-state index contributed by atoms with van der Waals surface area (Å²) in [6, 6.07) is 7.15. The zero-order chi connectivity index (χ0) is 17.9. The molecule has 0 fully saturated rings. The predicted octanol–water partition coefficient (Wildman–Crippen LogP) is 4.59. The van der Waals surface area contributed by atoms with E-state index >= 15 is 0 Å². The van der Waals surface area contributed by atoms with Crippen LogP contribution in [0.1, 0.15) is 19.4 Å². The van der Waals surface area contributed by atoms with Gasteiger partial charge in [-0.05, 0) is 43.2 Å². The zero-order valence-corrected chi connectivity index (χ0v) is 14.4. The molecule has 1 aromatic rings. The fourth-order valence-electron chi connectivity index (χ4n) is 1.91. The minimum absolute atomic E-state index is 0.262. The van der Waals surface area contributed by atoms with Crippen molar-refractivity contribution < 1.29 is 4.79 Å². The van der Waals surface area contributed by atoms with E-state index in [-0.39, 0.29) is 6.03 Å². The SMILES string of the molecule is C=C/C(=C\C)CNC(=O)Nc1ccc(C(=C)NC(=C)/C=C\C)cc1. The molecule has 2 amide bonds. The van der Waals surface area contributed by atoms with Crippen molar-refractivity contribution in [1.29, 1.82) is 0 Å². The first-order chi connectivity index (χ1) is 11.5. The standard InChI is InChI=1S/C20H25N3O/c1-6-9-15(4)22-16(5)18-10-12-19(13-11-18)23-20(24)21-14-17(7-2)8-3/h6-13,22H,2,4-5,14H2,1,3H3,(H2,21,23,24)/b9-6-,17-8+. The molecule has 126 valence electrons. The number of carbonyl (C=O) groups is 1. The summed E-state index contributed by atoms with van der Waals surface area (Å²) >= 11 is 0. The molecule has 4 nitrogen and oxygen atoms in total. The van der Waals surface area contributed by atoms with Gasteiger partial charge >= 0.3 is 6.03 Å². The van der Waals surface area contributed by atoms with Gasteiger partial charge in [0.1, 0.15) is 0 Å². The lowest BCUT2D eigenvalue weighted by Gasteiger charge is -2.11. The number of nitrogens with one attached hydrogen (secondary N) is 3. The Labute approximate surface area is 144 Å². The zero-order valence-electron chi connectivity index (χ0n) is 14.4. The monoisotopic (exact) mass is 323 g/mol. The minimum Gasteiger partial charge on any atom is -0.356 e. The Bertz CT molecular complexity index is 667. The fraction of sp³-hybridized carbons (Fsp3) is 0.150. The van der Waals surface area contributed by atoms with Gasteiger partial charge in [-0.1, -0.05) is 50.1 Å². The van der Waals surface area contributed by atoms with Crippen molar-refractivity contribution in [1.82, 2.24) is 10.6 Å². The minimum atomic E-state index is -0.262. The Morgan fingerprint density at radius 1 is 1.17 bits per heavy atom. The molecule has 0 heterocycles. The van der Waals surface area contributed by atoms with E-state index in [0.29, 0.717) is 12.2 Å². The topological polar surface area (TPSA) is 53.2 Å². The van der Waals surface area contributed by atoms with Crippen LogP contribution in [-0.4, -0.2) is 12.6 Å². The van der Waals surface area contributed by atoms with E-state index in [2.05, 4.69) is 35.7 Å². The first kappa shape index (κ1) is 19.0. The van der Waals surface area contributed by atoms with Crippen LogP contribution in [0.5, 0.6) is 0 Å². The van der Waals surface area contributed by atoms with Crippen LogP contribution in [0.25, 0.3) is 5.70 Å². The van der Waals surface area contributed by atoms with Gasteiger partial charge in [0.2, 0.25) is 0 Å². The van der Waals surface area contributed by atoms with Crippen molar-refractivity contribution in [3.63, 3.8) is 0 Å². The van der Waals surface area contributed by atoms with Crippen molar-refractivity contribution in [3.8, 4) is 0 Å². The number of hydrogen-bond donors (Lipinski definition) is 3. The Morgan fingerprint density at radius 3 is 2.38 bits per heavy atom. The van der Waals surface area contributed by atoms with Crippen LogP contribution in [0.4, 0.5) is 10.5 Å². The molecule has 0 aliphatic carbocycles. The highest BCUT2D eigenvalue weighted by molar-refractivity contribution is 5.89. The number of amides is 2. The molecule has 1 aromatic carbocycles. The lowest BCUT2D eigenvalue weighted by Crippen LogP contribution is -2.30. The van der Waals surface area contributed by atoms with Crippen LogP contribution < -0.4 is 16.0 Å². The van der Waals surface area contributed by atoms with E-state index in [1.807, 2.05) is 56.3 Å². The molecule has 0 aliphatic heterocycles. The number of hydrogen-bond acceptors (Lipinski definition) is 2. The van der Waals surface area contributed by atoms with Gasteiger partial charge in [-0.2, -0.15) is 0 Å². The summed E-state index contributed by atoms with van der Waals surface area (Å²) in [7, 11) is 0. The molecule has 3 N–H and O–H groups in total. The second-order valence-electron chi connectivity index (χ2n) is 5.08. The van der Waals surface area contributed by atoms with Gasteiger partial charge in [0, 0.05) is 23.6 Å². The van der Waals surface area contributed by atoms with Crippen LogP contribution >= 0.6 is 0 Å². The number of benzene rings is 1. The van der Waals surface area contributed by atoms with Crippen molar-refractivity contribution >= 4 is 17.4 Å². The van der Waals surface area contributed by atoms with Crippen LogP contribution in [-0.2, 0) is 0 Å². The van der Waals surface area contributed by atoms with Gasteiger partial charge < -0.3 is 16.0 Å². The Hall–Kier alpha value is -3.01. The normalized spacial score (nSPS) is 11.0. The number of rotatable bonds is 8. The maximum Gasteiger partial charge on any atom is 0.319 e. The van der Waals surface area contributed by atoms with E-state index in [9.17, 15) is 4.79 Å². The number of allylic oxidation sites excluding steroid dienone is 3. The van der Waals surface area contributed by atoms with Gasteiger partial charge in [-0.15, -0.1) is 0 Å². The summed E-state index contributed by atoms with van der Waals surface area (Å²) in [5.41, 5.74) is 4.11. The molecule has 1 rings (SSSR count). The van der Waals surface area contributed by atoms with Crippen molar-refractivity contribution in [2.24, 2.45) is 0 Å². The molecule has 0 radical (unpaired) electrons. The first-order valence-electron chi connectivity index (χ1n) is 7.70. The number of anilines is 1. The van der Waals surface area contributed by atoms with E-state index in [4.69, 9.17) is 0 Å². The summed E-state index contributed by atoms with van der Waals surface area (Å²) in [5.74, 6) is 0. The Balaban J connectivity index is 2.58. The molecule has 24 heavy (non-hydrogen) atoms. The van der Waals surface area contributed by atoms with Gasteiger partial charge in [-0.3, -0.25) is 0 Å². The van der Waals surface area contributed by atoms with Crippen molar-refractivity contribution in [2.45, 2.75) is 13.8 Å². The lowest BCUT2D eigenvalue weighted by atomic mass is 10.1. The average molecular weight is 323 g/mol. The van der Waals surface area contributed by atoms with E-state index in [0.717, 1.165) is 22.5 Å². The molecular formula is C20H25N3O. The predicted molar refractivity (Wildman–Crippen MR) is 104 cm³/mol. The summed E-state index contributed by atoms with van der Waals surface area (Å²) < 4.78 is 0. The lowest BCUT2D eigenvalue weighted by molar-refractivity contribution is 0.253. The molecule has 0 saturated heterocycles. The van der Waals surface area contributed by atoms with Crippen LogP contribution in [0.2, 0.25) is 0 Å². The van der Waals surface area contributed by atoms with Gasteiger partial charge in [0.05, 0.1) is 0 Å². The quantitative estimate of drug-likeness (QED) is 0.613. The summed E-state index contributed by atoms with van der Waals surface area (Å²) in [5, 5.41) is 8.67. The highest BCUT2D eigenvalue weighted by Gasteiger charge is 2.03. The van der Waals surface area contributed by atoms with Crippen molar-refractivity contribution in [3.05, 3.63) is 85.1 Å². The van der Waals surface area contributed by atoms with Gasteiger partial charge in [0.25, 0.3) is 0 Å². The third kappa shape index (κ3) is 6.40. The largest absolute Gasteiger partial charge is 0.356 e. The fourth-order valence-corrected chi connectivity index (χ4v) is 1.91. The van der Waals surface area contributed by atoms with Crippen LogP contribution in [0.3, 0.4) is 0 Å². The highest BCUT2D eigenvalue weighted by atomic mass is 16.2. The van der Waals surface area contributed by atoms with Gasteiger partial charge in [0.15, 0.2) is 0 Å². The third-order valence-corrected chi connectivity index (χ3v) is 3.26. The van der Waals surface area contributed by atoms with E-state index in [1.165, 1.54) is 0 Å². The molecule has 4 heteroatoms. The van der Waals surface area contributed by atoms with Crippen LogP contribution in [0, 0.1) is 0 Å². The molecule has 0 bridgehead atoms. The van der Waals surface area contributed by atoms with Gasteiger partial charge in [-0.25, -0.2) is 4.79 Å². The van der Waals surface area contributed by atoms with Crippen molar-refractivity contribution in [2.75, 3.05) is 11.9 Å².